The van der Waals surface area contributed by atoms with Crippen LogP contribution >= 0.6 is 11.3 Å². The molecule has 0 amide bonds. The standard InChI is InChI=1S/C12H22N4O2S2/c1-8-10(20(13,17)18)19-11(16-8)15-7-9-12(2,3)5-4-6-14-9/h9,14H,4-7H2,1-3H3,(H,15,16)(H2,13,17,18). The van der Waals surface area contributed by atoms with Crippen molar-refractivity contribution in [2.24, 2.45) is 10.6 Å². The quantitative estimate of drug-likeness (QED) is 0.777. The number of anilines is 1. The molecule has 0 aliphatic carbocycles. The lowest BCUT2D eigenvalue weighted by Gasteiger charge is -2.39. The molecule has 2 rings (SSSR count). The van der Waals surface area contributed by atoms with Gasteiger partial charge in [0.25, 0.3) is 0 Å². The van der Waals surface area contributed by atoms with E-state index in [0.717, 1.165) is 24.4 Å². The van der Waals surface area contributed by atoms with Gasteiger partial charge in [0.1, 0.15) is 0 Å². The number of nitrogens with zero attached hydrogens (tertiary/aromatic N) is 1. The van der Waals surface area contributed by atoms with Crippen LogP contribution in [0.1, 0.15) is 32.4 Å². The van der Waals surface area contributed by atoms with Crippen LogP contribution in [-0.4, -0.2) is 32.5 Å². The highest BCUT2D eigenvalue weighted by molar-refractivity contribution is 7.91. The third-order valence-corrected chi connectivity index (χ3v) is 6.47. The second-order valence-corrected chi connectivity index (χ2v) is 8.67. The van der Waals surface area contributed by atoms with Gasteiger partial charge in [-0.15, -0.1) is 0 Å². The number of aryl methyl sites for hydroxylation is 1. The van der Waals surface area contributed by atoms with Crippen molar-refractivity contribution in [3.63, 3.8) is 0 Å². The topological polar surface area (TPSA) is 97.1 Å². The highest BCUT2D eigenvalue weighted by Crippen LogP contribution is 2.31. The fourth-order valence-electron chi connectivity index (χ4n) is 2.53. The number of sulfonamides is 1. The molecule has 1 fully saturated rings. The third-order valence-electron chi connectivity index (χ3n) is 3.80. The maximum absolute atomic E-state index is 11.4. The van der Waals surface area contributed by atoms with Crippen molar-refractivity contribution in [2.75, 3.05) is 18.4 Å². The summed E-state index contributed by atoms with van der Waals surface area (Å²) in [6.45, 7) is 7.89. The summed E-state index contributed by atoms with van der Waals surface area (Å²) in [4.78, 5) is 4.23. The summed E-state index contributed by atoms with van der Waals surface area (Å²) in [6, 6.07) is 0.346. The van der Waals surface area contributed by atoms with Gasteiger partial charge >= 0.3 is 0 Å². The number of rotatable bonds is 4. The molecule has 1 aliphatic rings. The Hall–Kier alpha value is -0.700. The zero-order valence-corrected chi connectivity index (χ0v) is 13.7. The molecule has 1 unspecified atom stereocenters. The molecule has 0 saturated carbocycles. The highest BCUT2D eigenvalue weighted by Gasteiger charge is 2.31. The number of aromatic nitrogens is 1. The maximum atomic E-state index is 11.4. The maximum Gasteiger partial charge on any atom is 0.249 e. The van der Waals surface area contributed by atoms with E-state index in [2.05, 4.69) is 29.5 Å². The smallest absolute Gasteiger partial charge is 0.249 e. The third kappa shape index (κ3) is 3.49. The lowest BCUT2D eigenvalue weighted by molar-refractivity contribution is 0.188. The van der Waals surface area contributed by atoms with Crippen molar-refractivity contribution in [3.05, 3.63) is 5.69 Å². The Balaban J connectivity index is 2.05. The summed E-state index contributed by atoms with van der Waals surface area (Å²) in [5.74, 6) is 0. The zero-order chi connectivity index (χ0) is 15.0. The first-order valence-electron chi connectivity index (χ1n) is 6.67. The molecule has 2 heterocycles. The molecule has 6 nitrogen and oxygen atoms in total. The van der Waals surface area contributed by atoms with Gasteiger partial charge < -0.3 is 10.6 Å². The fraction of sp³-hybridized carbons (Fsp3) is 0.750. The molecule has 114 valence electrons. The fourth-order valence-corrected chi connectivity index (χ4v) is 4.40. The molecule has 0 aromatic carbocycles. The molecule has 0 spiro atoms. The molecule has 20 heavy (non-hydrogen) atoms. The summed E-state index contributed by atoms with van der Waals surface area (Å²) in [7, 11) is -3.68. The molecular formula is C12H22N4O2S2. The molecule has 1 aromatic heterocycles. The van der Waals surface area contributed by atoms with Crippen molar-refractivity contribution < 1.29 is 8.42 Å². The van der Waals surface area contributed by atoms with E-state index in [9.17, 15) is 8.42 Å². The van der Waals surface area contributed by atoms with Gasteiger partial charge in [0.05, 0.1) is 5.69 Å². The van der Waals surface area contributed by atoms with Crippen LogP contribution in [0.4, 0.5) is 5.13 Å². The van der Waals surface area contributed by atoms with Gasteiger partial charge in [-0.2, -0.15) is 0 Å². The molecule has 4 N–H and O–H groups in total. The van der Waals surface area contributed by atoms with Crippen molar-refractivity contribution >= 4 is 26.5 Å². The van der Waals surface area contributed by atoms with Crippen molar-refractivity contribution in [3.8, 4) is 0 Å². The first-order chi connectivity index (χ1) is 9.20. The summed E-state index contributed by atoms with van der Waals surface area (Å²) in [6.07, 6.45) is 2.38. The molecule has 1 saturated heterocycles. The summed E-state index contributed by atoms with van der Waals surface area (Å²) in [5, 5.41) is 12.5. The van der Waals surface area contributed by atoms with Crippen molar-refractivity contribution in [1.29, 1.82) is 0 Å². The second-order valence-electron chi connectivity index (χ2n) is 5.92. The average Bonchev–Trinajstić information content (AvgIpc) is 2.68. The molecule has 8 heteroatoms. The van der Waals surface area contributed by atoms with Gasteiger partial charge in [0.15, 0.2) is 9.34 Å². The van der Waals surface area contributed by atoms with Crippen LogP contribution in [0.25, 0.3) is 0 Å². The zero-order valence-electron chi connectivity index (χ0n) is 12.1. The van der Waals surface area contributed by atoms with E-state index in [1.807, 2.05) is 0 Å². The average molecular weight is 318 g/mol. The molecule has 1 aliphatic heterocycles. The lowest BCUT2D eigenvalue weighted by atomic mass is 9.77. The number of hydrogen-bond donors (Lipinski definition) is 3. The van der Waals surface area contributed by atoms with Crippen LogP contribution in [0.15, 0.2) is 4.21 Å². The Morgan fingerprint density at radius 1 is 1.55 bits per heavy atom. The van der Waals surface area contributed by atoms with Gasteiger partial charge in [-0.05, 0) is 31.7 Å². The number of nitrogens with two attached hydrogens (primary N) is 1. The summed E-state index contributed by atoms with van der Waals surface area (Å²) >= 11 is 1.09. The molecule has 0 bridgehead atoms. The number of nitrogens with one attached hydrogen (secondary N) is 2. The van der Waals surface area contributed by atoms with Gasteiger partial charge in [0.2, 0.25) is 10.0 Å². The van der Waals surface area contributed by atoms with E-state index in [4.69, 9.17) is 5.14 Å². The summed E-state index contributed by atoms with van der Waals surface area (Å²) in [5.41, 5.74) is 0.677. The van der Waals surface area contributed by atoms with Crippen molar-refractivity contribution in [2.45, 2.75) is 43.9 Å². The van der Waals surface area contributed by atoms with Crippen LogP contribution in [0, 0.1) is 12.3 Å². The Bertz CT molecular complexity index is 580. The number of hydrogen-bond acceptors (Lipinski definition) is 6. The van der Waals surface area contributed by atoms with Gasteiger partial charge in [-0.25, -0.2) is 18.5 Å². The SMILES string of the molecule is Cc1nc(NCC2NCCCC2(C)C)sc1S(N)(=O)=O. The predicted molar refractivity (Wildman–Crippen MR) is 81.5 cm³/mol. The first-order valence-corrected chi connectivity index (χ1v) is 9.04. The van der Waals surface area contributed by atoms with Crippen LogP contribution in [0.2, 0.25) is 0 Å². The Kier molecular flexibility index (Phi) is 4.38. The molecule has 0 radical (unpaired) electrons. The van der Waals surface area contributed by atoms with E-state index in [1.165, 1.54) is 12.8 Å². The number of primary sulfonamides is 1. The van der Waals surface area contributed by atoms with Crippen molar-refractivity contribution in [1.82, 2.24) is 10.3 Å². The molecule has 1 aromatic rings. The summed E-state index contributed by atoms with van der Waals surface area (Å²) < 4.78 is 22.9. The van der Waals surface area contributed by atoms with Crippen LogP contribution in [0.3, 0.4) is 0 Å². The Morgan fingerprint density at radius 2 is 2.25 bits per heavy atom. The van der Waals surface area contributed by atoms with Gasteiger partial charge in [-0.3, -0.25) is 0 Å². The minimum absolute atomic E-state index is 0.135. The van der Waals surface area contributed by atoms with Gasteiger partial charge in [0, 0.05) is 12.6 Å². The number of thiazole rings is 1. The molecule has 1 atom stereocenters. The Morgan fingerprint density at radius 3 is 2.80 bits per heavy atom. The van der Waals surface area contributed by atoms with E-state index in [-0.39, 0.29) is 9.62 Å². The van der Waals surface area contributed by atoms with Crippen LogP contribution in [-0.2, 0) is 10.0 Å². The lowest BCUT2D eigenvalue weighted by Crippen LogP contribution is -2.50. The largest absolute Gasteiger partial charge is 0.360 e. The van der Waals surface area contributed by atoms with E-state index in [1.54, 1.807) is 6.92 Å². The minimum atomic E-state index is -3.68. The number of piperidine rings is 1. The van der Waals surface area contributed by atoms with E-state index in [0.29, 0.717) is 16.9 Å². The Labute approximate surface area is 124 Å². The van der Waals surface area contributed by atoms with Crippen LogP contribution in [0.5, 0.6) is 0 Å². The predicted octanol–water partition coefficient (Wildman–Crippen LogP) is 1.29. The minimum Gasteiger partial charge on any atom is -0.360 e. The van der Waals surface area contributed by atoms with Gasteiger partial charge in [-0.1, -0.05) is 25.2 Å². The van der Waals surface area contributed by atoms with E-state index >= 15 is 0 Å². The normalized spacial score (nSPS) is 22.7. The monoisotopic (exact) mass is 318 g/mol. The van der Waals surface area contributed by atoms with E-state index < -0.39 is 10.0 Å². The second kappa shape index (κ2) is 5.59. The molecular weight excluding hydrogens is 296 g/mol. The van der Waals surface area contributed by atoms with Crippen LogP contribution < -0.4 is 15.8 Å². The first kappa shape index (κ1) is 15.7. The highest BCUT2D eigenvalue weighted by atomic mass is 32.2.